The molecule has 0 radical (unpaired) electrons. The van der Waals surface area contributed by atoms with Crippen molar-refractivity contribution in [3.05, 3.63) is 0 Å². The Kier molecular flexibility index (Phi) is 4.99. The van der Waals surface area contributed by atoms with Crippen molar-refractivity contribution < 1.29 is 14.7 Å². The smallest absolute Gasteiger partial charge is 0.320 e. The first-order chi connectivity index (χ1) is 8.32. The summed E-state index contributed by atoms with van der Waals surface area (Å²) in [4.78, 5) is 26.4. The largest absolute Gasteiger partial charge is 0.481 e. The molecule has 18 heavy (non-hydrogen) atoms. The molecule has 0 aromatic heterocycles. The molecule has 0 spiro atoms. The SMILES string of the molecule is CC(CN(C)C(=O)N(CC1CC1)C(C)C)C(=O)O. The summed E-state index contributed by atoms with van der Waals surface area (Å²) >= 11 is 0. The highest BCUT2D eigenvalue weighted by Crippen LogP contribution is 2.30. The van der Waals surface area contributed by atoms with E-state index in [2.05, 4.69) is 0 Å². The van der Waals surface area contributed by atoms with Gasteiger partial charge in [-0.1, -0.05) is 6.92 Å². The number of nitrogens with zero attached hydrogens (tertiary/aromatic N) is 2. The van der Waals surface area contributed by atoms with E-state index in [1.807, 2.05) is 18.7 Å². The molecule has 0 aromatic carbocycles. The van der Waals surface area contributed by atoms with Crippen LogP contribution in [-0.2, 0) is 4.79 Å². The maximum absolute atomic E-state index is 12.3. The lowest BCUT2D eigenvalue weighted by atomic mass is 10.2. The molecule has 104 valence electrons. The van der Waals surface area contributed by atoms with Gasteiger partial charge in [0.05, 0.1) is 5.92 Å². The fourth-order valence-corrected chi connectivity index (χ4v) is 1.87. The maximum atomic E-state index is 12.3. The van der Waals surface area contributed by atoms with Gasteiger partial charge in [-0.2, -0.15) is 0 Å². The van der Waals surface area contributed by atoms with E-state index < -0.39 is 11.9 Å². The first-order valence-electron chi connectivity index (χ1n) is 6.57. The summed E-state index contributed by atoms with van der Waals surface area (Å²) in [7, 11) is 1.67. The molecule has 0 saturated heterocycles. The Bertz CT molecular complexity index is 313. The fourth-order valence-electron chi connectivity index (χ4n) is 1.87. The van der Waals surface area contributed by atoms with Crippen molar-refractivity contribution in [2.24, 2.45) is 11.8 Å². The van der Waals surface area contributed by atoms with Crippen molar-refractivity contribution in [1.82, 2.24) is 9.80 Å². The molecule has 1 aliphatic rings. The molecule has 1 saturated carbocycles. The number of hydrogen-bond donors (Lipinski definition) is 1. The van der Waals surface area contributed by atoms with Crippen LogP contribution in [0.1, 0.15) is 33.6 Å². The van der Waals surface area contributed by atoms with Gasteiger partial charge >= 0.3 is 12.0 Å². The number of hydrogen-bond acceptors (Lipinski definition) is 2. The van der Waals surface area contributed by atoms with Crippen LogP contribution in [0.25, 0.3) is 0 Å². The Morgan fingerprint density at radius 1 is 1.28 bits per heavy atom. The summed E-state index contributed by atoms with van der Waals surface area (Å²) in [5, 5.41) is 8.86. The van der Waals surface area contributed by atoms with E-state index in [0.717, 1.165) is 6.54 Å². The zero-order valence-corrected chi connectivity index (χ0v) is 11.7. The van der Waals surface area contributed by atoms with E-state index in [1.165, 1.54) is 17.7 Å². The minimum Gasteiger partial charge on any atom is -0.481 e. The molecule has 1 N–H and O–H groups in total. The Morgan fingerprint density at radius 2 is 1.83 bits per heavy atom. The van der Waals surface area contributed by atoms with Crippen molar-refractivity contribution in [3.8, 4) is 0 Å². The Hall–Kier alpha value is -1.26. The third kappa shape index (κ3) is 4.20. The molecule has 5 heteroatoms. The van der Waals surface area contributed by atoms with Gasteiger partial charge in [0.15, 0.2) is 0 Å². The summed E-state index contributed by atoms with van der Waals surface area (Å²) in [5.41, 5.74) is 0. The molecule has 1 atom stereocenters. The van der Waals surface area contributed by atoms with E-state index in [0.29, 0.717) is 5.92 Å². The molecule has 2 amide bonds. The van der Waals surface area contributed by atoms with Gasteiger partial charge in [-0.25, -0.2) is 4.79 Å². The fraction of sp³-hybridized carbons (Fsp3) is 0.846. The van der Waals surface area contributed by atoms with Gasteiger partial charge < -0.3 is 14.9 Å². The van der Waals surface area contributed by atoms with Gasteiger partial charge in [0.1, 0.15) is 0 Å². The standard InChI is InChI=1S/C13H24N2O3/c1-9(2)15(8-11-5-6-11)13(18)14(4)7-10(3)12(16)17/h9-11H,5-8H2,1-4H3,(H,16,17). The van der Waals surface area contributed by atoms with Crippen molar-refractivity contribution in [2.45, 2.75) is 39.7 Å². The topological polar surface area (TPSA) is 60.9 Å². The predicted octanol–water partition coefficient (Wildman–Crippen LogP) is 1.88. The summed E-state index contributed by atoms with van der Waals surface area (Å²) in [6.07, 6.45) is 2.40. The lowest BCUT2D eigenvalue weighted by Crippen LogP contribution is -2.47. The predicted molar refractivity (Wildman–Crippen MR) is 69.4 cm³/mol. The first kappa shape index (κ1) is 14.8. The van der Waals surface area contributed by atoms with Crippen LogP contribution in [0, 0.1) is 11.8 Å². The van der Waals surface area contributed by atoms with Gasteiger partial charge in [0, 0.05) is 26.2 Å². The van der Waals surface area contributed by atoms with Gasteiger partial charge in [-0.15, -0.1) is 0 Å². The second kappa shape index (κ2) is 6.07. The van der Waals surface area contributed by atoms with Gasteiger partial charge in [-0.3, -0.25) is 4.79 Å². The van der Waals surface area contributed by atoms with Crippen molar-refractivity contribution in [1.29, 1.82) is 0 Å². The van der Waals surface area contributed by atoms with E-state index >= 15 is 0 Å². The number of rotatable bonds is 6. The highest BCUT2D eigenvalue weighted by Gasteiger charge is 2.30. The number of carboxylic acids is 1. The second-order valence-electron chi connectivity index (χ2n) is 5.59. The lowest BCUT2D eigenvalue weighted by Gasteiger charge is -2.32. The molecule has 0 heterocycles. The summed E-state index contributed by atoms with van der Waals surface area (Å²) < 4.78 is 0. The number of carbonyl (C=O) groups is 2. The first-order valence-corrected chi connectivity index (χ1v) is 6.57. The maximum Gasteiger partial charge on any atom is 0.320 e. The number of amides is 2. The van der Waals surface area contributed by atoms with Crippen molar-refractivity contribution in [3.63, 3.8) is 0 Å². The Labute approximate surface area is 109 Å². The molecule has 5 nitrogen and oxygen atoms in total. The summed E-state index contributed by atoms with van der Waals surface area (Å²) in [6, 6.07) is 0.0886. The van der Waals surface area contributed by atoms with Crippen LogP contribution in [0.3, 0.4) is 0 Å². The Balaban J connectivity index is 2.55. The zero-order valence-electron chi connectivity index (χ0n) is 11.7. The molecule has 1 rings (SSSR count). The van der Waals surface area contributed by atoms with Crippen molar-refractivity contribution in [2.75, 3.05) is 20.1 Å². The van der Waals surface area contributed by atoms with Crippen LogP contribution < -0.4 is 0 Å². The number of aliphatic carboxylic acids is 1. The highest BCUT2D eigenvalue weighted by atomic mass is 16.4. The molecule has 0 bridgehead atoms. The minimum absolute atomic E-state index is 0.0648. The average molecular weight is 256 g/mol. The highest BCUT2D eigenvalue weighted by molar-refractivity contribution is 5.76. The van der Waals surface area contributed by atoms with Gasteiger partial charge in [0.2, 0.25) is 0 Å². The lowest BCUT2D eigenvalue weighted by molar-refractivity contribution is -0.141. The van der Waals surface area contributed by atoms with Gasteiger partial charge in [-0.05, 0) is 32.6 Å². The molecule has 0 aromatic rings. The van der Waals surface area contributed by atoms with Crippen LogP contribution in [0.15, 0.2) is 0 Å². The third-order valence-corrected chi connectivity index (χ3v) is 3.32. The van der Waals surface area contributed by atoms with Crippen LogP contribution in [0.4, 0.5) is 4.79 Å². The van der Waals surface area contributed by atoms with Crippen LogP contribution in [0.2, 0.25) is 0 Å². The Morgan fingerprint density at radius 3 is 2.22 bits per heavy atom. The van der Waals surface area contributed by atoms with Crippen molar-refractivity contribution >= 4 is 12.0 Å². The summed E-state index contributed by atoms with van der Waals surface area (Å²) in [6.45, 7) is 6.65. The van der Waals surface area contributed by atoms with Crippen LogP contribution in [0.5, 0.6) is 0 Å². The summed E-state index contributed by atoms with van der Waals surface area (Å²) in [5.74, 6) is -0.761. The number of urea groups is 1. The second-order valence-corrected chi connectivity index (χ2v) is 5.59. The van der Waals surface area contributed by atoms with E-state index in [1.54, 1.807) is 14.0 Å². The molecule has 1 aliphatic carbocycles. The van der Waals surface area contributed by atoms with Gasteiger partial charge in [0.25, 0.3) is 0 Å². The average Bonchev–Trinajstić information content (AvgIpc) is 3.07. The zero-order chi connectivity index (χ0) is 13.9. The molecule has 0 aliphatic heterocycles. The van der Waals surface area contributed by atoms with E-state index in [9.17, 15) is 9.59 Å². The van der Waals surface area contributed by atoms with E-state index in [4.69, 9.17) is 5.11 Å². The monoisotopic (exact) mass is 256 g/mol. The molecular formula is C13H24N2O3. The minimum atomic E-state index is -0.868. The normalized spacial score (nSPS) is 16.5. The third-order valence-electron chi connectivity index (χ3n) is 3.32. The van der Waals surface area contributed by atoms with Crippen LogP contribution >= 0.6 is 0 Å². The molecule has 1 unspecified atom stereocenters. The van der Waals surface area contributed by atoms with Crippen LogP contribution in [-0.4, -0.2) is 53.1 Å². The van der Waals surface area contributed by atoms with E-state index in [-0.39, 0.29) is 18.6 Å². The number of carboxylic acid groups (broad SMARTS) is 1. The number of carbonyl (C=O) groups excluding carboxylic acids is 1. The quantitative estimate of drug-likeness (QED) is 0.789. The molecule has 1 fully saturated rings. The molecular weight excluding hydrogens is 232 g/mol.